The van der Waals surface area contributed by atoms with Gasteiger partial charge in [0.15, 0.2) is 10.9 Å². The van der Waals surface area contributed by atoms with E-state index in [1.807, 2.05) is 0 Å². The van der Waals surface area contributed by atoms with E-state index in [9.17, 15) is 9.59 Å². The number of ether oxygens (including phenoxy) is 1. The zero-order valence-electron chi connectivity index (χ0n) is 9.87. The average Bonchev–Trinajstić information content (AvgIpc) is 2.76. The summed E-state index contributed by atoms with van der Waals surface area (Å²) in [5, 5.41) is 0.374. The third kappa shape index (κ3) is 3.35. The molecule has 8 nitrogen and oxygen atoms in total. The van der Waals surface area contributed by atoms with Crippen molar-refractivity contribution < 1.29 is 13.9 Å². The molecule has 0 fully saturated rings. The van der Waals surface area contributed by atoms with E-state index in [4.69, 9.17) is 14.9 Å². The smallest absolute Gasteiger partial charge is 0.360 e. The van der Waals surface area contributed by atoms with Crippen molar-refractivity contribution in [1.82, 2.24) is 15.0 Å². The minimum absolute atomic E-state index is 0.0515. The van der Waals surface area contributed by atoms with Crippen LogP contribution in [0.15, 0.2) is 31.9 Å². The van der Waals surface area contributed by atoms with Crippen LogP contribution in [0, 0.1) is 0 Å². The van der Waals surface area contributed by atoms with Crippen LogP contribution in [-0.4, -0.2) is 27.5 Å². The van der Waals surface area contributed by atoms with Crippen molar-refractivity contribution in [1.29, 1.82) is 0 Å². The molecule has 0 bridgehead atoms. The molecule has 0 aliphatic heterocycles. The number of aromatic nitrogens is 3. The number of hydrogen-bond donors (Lipinski definition) is 2. The number of nitrogen functional groups attached to an aromatic ring is 1. The third-order valence-corrected chi connectivity index (χ3v) is 2.64. The molecular weight excluding hydrogens is 272 g/mol. The lowest BCUT2D eigenvalue weighted by Gasteiger charge is -1.97. The van der Waals surface area contributed by atoms with Gasteiger partial charge in [-0.2, -0.15) is 4.98 Å². The molecule has 0 aromatic carbocycles. The van der Waals surface area contributed by atoms with Crippen molar-refractivity contribution >= 4 is 23.5 Å². The summed E-state index contributed by atoms with van der Waals surface area (Å²) in [6.07, 6.45) is 1.17. The van der Waals surface area contributed by atoms with Crippen LogP contribution in [-0.2, 0) is 4.74 Å². The number of nitrogens with two attached hydrogens (primary N) is 1. The largest absolute Gasteiger partial charge is 0.461 e. The predicted octanol–water partition coefficient (Wildman–Crippen LogP) is 0.668. The number of aromatic amines is 1. The number of nitrogens with zero attached hydrogens (tertiary/aromatic N) is 2. The monoisotopic (exact) mass is 282 g/mol. The zero-order valence-corrected chi connectivity index (χ0v) is 10.7. The lowest BCUT2D eigenvalue weighted by atomic mass is 10.5. The first-order chi connectivity index (χ1) is 9.08. The number of hydrogen-bond acceptors (Lipinski definition) is 8. The van der Waals surface area contributed by atoms with Crippen LogP contribution in [0.3, 0.4) is 0 Å². The van der Waals surface area contributed by atoms with Gasteiger partial charge in [-0.15, -0.1) is 0 Å². The number of nitrogens with one attached hydrogen (secondary N) is 1. The van der Waals surface area contributed by atoms with Gasteiger partial charge in [-0.05, 0) is 6.92 Å². The molecule has 0 atom stereocenters. The highest BCUT2D eigenvalue weighted by Crippen LogP contribution is 2.23. The SMILES string of the molecule is CCOC(=O)c1coc(Sc2nc(N)cc(=O)[nH]2)n1. The minimum Gasteiger partial charge on any atom is -0.461 e. The quantitative estimate of drug-likeness (QED) is 0.619. The fraction of sp³-hybridized carbons (Fsp3) is 0.200. The molecule has 0 spiro atoms. The molecule has 0 saturated heterocycles. The summed E-state index contributed by atoms with van der Waals surface area (Å²) in [5.74, 6) is -0.490. The zero-order chi connectivity index (χ0) is 13.8. The summed E-state index contributed by atoms with van der Waals surface area (Å²) < 4.78 is 9.83. The van der Waals surface area contributed by atoms with E-state index in [2.05, 4.69) is 15.0 Å². The highest BCUT2D eigenvalue weighted by atomic mass is 32.2. The van der Waals surface area contributed by atoms with Gasteiger partial charge in [0, 0.05) is 17.8 Å². The fourth-order valence-electron chi connectivity index (χ4n) is 1.19. The molecule has 0 unspecified atom stereocenters. The van der Waals surface area contributed by atoms with Crippen LogP contribution in [0.5, 0.6) is 0 Å². The van der Waals surface area contributed by atoms with E-state index in [1.165, 1.54) is 6.26 Å². The Bertz CT molecular complexity index is 651. The lowest BCUT2D eigenvalue weighted by molar-refractivity contribution is 0.0519. The molecule has 0 radical (unpaired) electrons. The molecule has 2 aromatic heterocycles. The molecule has 0 aliphatic rings. The summed E-state index contributed by atoms with van der Waals surface area (Å²) in [4.78, 5) is 32.8. The Balaban J connectivity index is 2.15. The molecular formula is C10H10N4O4S. The summed E-state index contributed by atoms with van der Waals surface area (Å²) in [6, 6.07) is 1.16. The van der Waals surface area contributed by atoms with Crippen LogP contribution in [0.4, 0.5) is 5.82 Å². The first-order valence-electron chi connectivity index (χ1n) is 5.26. The van der Waals surface area contributed by atoms with Gasteiger partial charge in [0.05, 0.1) is 6.61 Å². The van der Waals surface area contributed by atoms with E-state index in [1.54, 1.807) is 6.92 Å². The van der Waals surface area contributed by atoms with E-state index >= 15 is 0 Å². The number of oxazole rings is 1. The number of H-pyrrole nitrogens is 1. The first kappa shape index (κ1) is 13.1. The second-order valence-corrected chi connectivity index (χ2v) is 4.24. The summed E-state index contributed by atoms with van der Waals surface area (Å²) in [5.41, 5.74) is 5.11. The predicted molar refractivity (Wildman–Crippen MR) is 65.9 cm³/mol. The maximum absolute atomic E-state index is 11.4. The van der Waals surface area contributed by atoms with Gasteiger partial charge in [-0.1, -0.05) is 0 Å². The molecule has 0 saturated carbocycles. The molecule has 3 N–H and O–H groups in total. The van der Waals surface area contributed by atoms with Crippen LogP contribution >= 0.6 is 11.8 Å². The topological polar surface area (TPSA) is 124 Å². The number of esters is 1. The van der Waals surface area contributed by atoms with Crippen molar-refractivity contribution in [3.05, 3.63) is 28.4 Å². The molecule has 0 amide bonds. The minimum atomic E-state index is -0.577. The Kier molecular flexibility index (Phi) is 3.85. The van der Waals surface area contributed by atoms with E-state index in [-0.39, 0.29) is 34.1 Å². The highest BCUT2D eigenvalue weighted by Gasteiger charge is 2.14. The van der Waals surface area contributed by atoms with Crippen molar-refractivity contribution in [2.24, 2.45) is 0 Å². The van der Waals surface area contributed by atoms with Crippen molar-refractivity contribution in [3.8, 4) is 0 Å². The van der Waals surface area contributed by atoms with Gasteiger partial charge in [0.2, 0.25) is 0 Å². The van der Waals surface area contributed by atoms with Gasteiger partial charge in [-0.3, -0.25) is 4.79 Å². The van der Waals surface area contributed by atoms with Gasteiger partial charge in [-0.25, -0.2) is 9.78 Å². The summed E-state index contributed by atoms with van der Waals surface area (Å²) in [7, 11) is 0. The first-order valence-corrected chi connectivity index (χ1v) is 6.07. The van der Waals surface area contributed by atoms with Crippen molar-refractivity contribution in [2.45, 2.75) is 17.3 Å². The Morgan fingerprint density at radius 3 is 3.05 bits per heavy atom. The van der Waals surface area contributed by atoms with E-state index in [0.29, 0.717) is 0 Å². The maximum Gasteiger partial charge on any atom is 0.360 e. The highest BCUT2D eigenvalue weighted by molar-refractivity contribution is 7.98. The summed E-state index contributed by atoms with van der Waals surface area (Å²) >= 11 is 0.940. The van der Waals surface area contributed by atoms with Crippen molar-refractivity contribution in [2.75, 3.05) is 12.3 Å². The fourth-order valence-corrected chi connectivity index (χ4v) is 1.90. The van der Waals surface area contributed by atoms with Crippen LogP contribution in [0.25, 0.3) is 0 Å². The molecule has 2 aromatic rings. The summed E-state index contributed by atoms with van der Waals surface area (Å²) in [6.45, 7) is 1.94. The van der Waals surface area contributed by atoms with E-state index < -0.39 is 5.97 Å². The van der Waals surface area contributed by atoms with E-state index in [0.717, 1.165) is 17.8 Å². The van der Waals surface area contributed by atoms with Gasteiger partial charge >= 0.3 is 5.97 Å². The second-order valence-electron chi connectivity index (χ2n) is 3.30. The van der Waals surface area contributed by atoms with Crippen LogP contribution in [0.1, 0.15) is 17.4 Å². The Morgan fingerprint density at radius 1 is 1.58 bits per heavy atom. The number of carbonyl (C=O) groups excluding carboxylic acids is 1. The standard InChI is InChI=1S/C10H10N4O4S/c1-2-17-8(16)5-4-18-10(12-5)19-9-13-6(11)3-7(15)14-9/h3-4H,2H2,1H3,(H3,11,13,14,15). The van der Waals surface area contributed by atoms with Crippen LogP contribution < -0.4 is 11.3 Å². The molecule has 2 rings (SSSR count). The number of anilines is 1. The molecule has 19 heavy (non-hydrogen) atoms. The van der Waals surface area contributed by atoms with Crippen LogP contribution in [0.2, 0.25) is 0 Å². The molecule has 0 aliphatic carbocycles. The lowest BCUT2D eigenvalue weighted by Crippen LogP contribution is -2.09. The van der Waals surface area contributed by atoms with Crippen molar-refractivity contribution in [3.63, 3.8) is 0 Å². The number of carbonyl (C=O) groups is 1. The van der Waals surface area contributed by atoms with Gasteiger partial charge < -0.3 is 19.9 Å². The normalized spacial score (nSPS) is 10.4. The Hall–Kier alpha value is -2.29. The van der Waals surface area contributed by atoms with Gasteiger partial charge in [0.1, 0.15) is 12.1 Å². The maximum atomic E-state index is 11.4. The Labute approximate surface area is 111 Å². The Morgan fingerprint density at radius 2 is 2.37 bits per heavy atom. The number of rotatable bonds is 4. The molecule has 2 heterocycles. The second kappa shape index (κ2) is 5.57. The van der Waals surface area contributed by atoms with Gasteiger partial charge in [0.25, 0.3) is 10.8 Å². The molecule has 9 heteroatoms. The average molecular weight is 282 g/mol. The molecule has 100 valence electrons. The third-order valence-electron chi connectivity index (χ3n) is 1.89.